The zero-order valence-corrected chi connectivity index (χ0v) is 20.3. The van der Waals surface area contributed by atoms with E-state index in [1.807, 2.05) is 6.07 Å². The first-order valence-electron chi connectivity index (χ1n) is 11.5. The van der Waals surface area contributed by atoms with Crippen LogP contribution in [0.25, 0.3) is 0 Å². The van der Waals surface area contributed by atoms with Crippen LogP contribution in [0.2, 0.25) is 0 Å². The Labute approximate surface area is 205 Å². The molecule has 0 bridgehead atoms. The van der Waals surface area contributed by atoms with Gasteiger partial charge in [0.1, 0.15) is 0 Å². The molecule has 182 valence electrons. The minimum absolute atomic E-state index is 0.0950. The van der Waals surface area contributed by atoms with Crippen LogP contribution in [0.4, 0.5) is 5.69 Å². The highest BCUT2D eigenvalue weighted by molar-refractivity contribution is 7.89. The molecule has 0 saturated carbocycles. The lowest BCUT2D eigenvalue weighted by molar-refractivity contribution is 0.0951. The topological polar surface area (TPSA) is 108 Å². The molecule has 2 amide bonds. The number of carbonyl (C=O) groups excluding carboxylic acids is 2. The zero-order chi connectivity index (χ0) is 24.8. The molecule has 2 aromatic carbocycles. The first kappa shape index (κ1) is 24.6. The molecule has 1 fully saturated rings. The van der Waals surface area contributed by atoms with Crippen molar-refractivity contribution in [2.24, 2.45) is 0 Å². The predicted molar refractivity (Wildman–Crippen MR) is 134 cm³/mol. The fourth-order valence-corrected chi connectivity index (χ4v) is 5.56. The van der Waals surface area contributed by atoms with E-state index in [2.05, 4.69) is 15.6 Å². The van der Waals surface area contributed by atoms with E-state index in [0.717, 1.165) is 24.8 Å². The minimum atomic E-state index is -3.68. The summed E-state index contributed by atoms with van der Waals surface area (Å²) < 4.78 is 27.7. The number of hydrogen-bond donors (Lipinski definition) is 2. The second-order valence-electron chi connectivity index (χ2n) is 8.49. The third-order valence-corrected chi connectivity index (χ3v) is 7.90. The molecule has 8 nitrogen and oxygen atoms in total. The monoisotopic (exact) mass is 492 g/mol. The van der Waals surface area contributed by atoms with Crippen molar-refractivity contribution in [2.75, 3.05) is 18.4 Å². The number of nitrogens with zero attached hydrogens (tertiary/aromatic N) is 2. The molecular weight excluding hydrogens is 464 g/mol. The van der Waals surface area contributed by atoms with E-state index in [1.54, 1.807) is 55.7 Å². The van der Waals surface area contributed by atoms with Crippen LogP contribution in [0.3, 0.4) is 0 Å². The molecule has 1 aliphatic heterocycles. The van der Waals surface area contributed by atoms with Gasteiger partial charge in [-0.3, -0.25) is 14.6 Å². The summed E-state index contributed by atoms with van der Waals surface area (Å²) in [4.78, 5) is 30.1. The third kappa shape index (κ3) is 5.75. The number of hydrogen-bond acceptors (Lipinski definition) is 5. The van der Waals surface area contributed by atoms with E-state index < -0.39 is 15.9 Å². The number of rotatable bonds is 7. The Bertz CT molecular complexity index is 1320. The van der Waals surface area contributed by atoms with Crippen LogP contribution in [0.15, 0.2) is 71.9 Å². The van der Waals surface area contributed by atoms with Crippen LogP contribution in [0, 0.1) is 6.92 Å². The van der Waals surface area contributed by atoms with Gasteiger partial charge in [0, 0.05) is 37.6 Å². The summed E-state index contributed by atoms with van der Waals surface area (Å²) >= 11 is 0. The maximum Gasteiger partial charge on any atom is 0.255 e. The van der Waals surface area contributed by atoms with Gasteiger partial charge in [0.2, 0.25) is 10.0 Å². The van der Waals surface area contributed by atoms with Gasteiger partial charge in [0.25, 0.3) is 11.8 Å². The number of aryl methyl sites for hydroxylation is 1. The SMILES string of the molecule is Cc1ccc(S(=O)(=O)N2CCCCC2)cc1C(=O)Nc1ccccc1C(=O)NCc1cccnc1. The van der Waals surface area contributed by atoms with Crippen molar-refractivity contribution >= 4 is 27.5 Å². The van der Waals surface area contributed by atoms with E-state index in [-0.39, 0.29) is 16.4 Å². The van der Waals surface area contributed by atoms with Crippen molar-refractivity contribution in [3.05, 3.63) is 89.2 Å². The molecule has 0 unspecified atom stereocenters. The third-order valence-electron chi connectivity index (χ3n) is 6.00. The normalized spacial score (nSPS) is 14.3. The largest absolute Gasteiger partial charge is 0.348 e. The Hall–Kier alpha value is -3.56. The van der Waals surface area contributed by atoms with Gasteiger partial charge < -0.3 is 10.6 Å². The van der Waals surface area contributed by atoms with E-state index in [1.165, 1.54) is 16.4 Å². The predicted octanol–water partition coefficient (Wildman–Crippen LogP) is 3.75. The molecule has 2 N–H and O–H groups in total. The minimum Gasteiger partial charge on any atom is -0.348 e. The Balaban J connectivity index is 1.53. The summed E-state index contributed by atoms with van der Waals surface area (Å²) in [7, 11) is -3.68. The van der Waals surface area contributed by atoms with Gasteiger partial charge in [-0.2, -0.15) is 4.31 Å². The fourth-order valence-electron chi connectivity index (χ4n) is 4.02. The van der Waals surface area contributed by atoms with Crippen molar-refractivity contribution in [2.45, 2.75) is 37.6 Å². The average Bonchev–Trinajstić information content (AvgIpc) is 2.89. The van der Waals surface area contributed by atoms with Crippen LogP contribution in [0.5, 0.6) is 0 Å². The van der Waals surface area contributed by atoms with Crippen molar-refractivity contribution in [3.8, 4) is 0 Å². The van der Waals surface area contributed by atoms with Gasteiger partial charge in [-0.25, -0.2) is 8.42 Å². The van der Waals surface area contributed by atoms with Crippen LogP contribution in [0.1, 0.15) is 51.1 Å². The van der Waals surface area contributed by atoms with Crippen LogP contribution in [-0.4, -0.2) is 42.6 Å². The van der Waals surface area contributed by atoms with Gasteiger partial charge in [-0.05, 0) is 61.2 Å². The van der Waals surface area contributed by atoms with Crippen LogP contribution < -0.4 is 10.6 Å². The molecule has 1 aromatic heterocycles. The molecule has 3 aromatic rings. The average molecular weight is 493 g/mol. The van der Waals surface area contributed by atoms with Crippen LogP contribution >= 0.6 is 0 Å². The first-order valence-corrected chi connectivity index (χ1v) is 13.0. The summed E-state index contributed by atoms with van der Waals surface area (Å²) in [6.07, 6.45) is 6.01. The Morgan fingerprint density at radius 1 is 0.943 bits per heavy atom. The number of anilines is 1. The molecule has 35 heavy (non-hydrogen) atoms. The smallest absolute Gasteiger partial charge is 0.255 e. The van der Waals surface area contributed by atoms with E-state index in [4.69, 9.17) is 0 Å². The summed E-state index contributed by atoms with van der Waals surface area (Å²) in [6, 6.07) is 14.9. The van der Waals surface area contributed by atoms with Gasteiger partial charge >= 0.3 is 0 Å². The number of amides is 2. The number of aromatic nitrogens is 1. The van der Waals surface area contributed by atoms with Crippen molar-refractivity contribution in [1.29, 1.82) is 0 Å². The number of pyridine rings is 1. The lowest BCUT2D eigenvalue weighted by Crippen LogP contribution is -2.35. The molecule has 9 heteroatoms. The van der Waals surface area contributed by atoms with Crippen molar-refractivity contribution < 1.29 is 18.0 Å². The van der Waals surface area contributed by atoms with E-state index in [9.17, 15) is 18.0 Å². The standard InChI is InChI=1S/C26H28N4O4S/c1-19-11-12-21(35(33,34)30-14-5-2-6-15-30)16-23(19)26(32)29-24-10-4-3-9-22(24)25(31)28-18-20-8-7-13-27-17-20/h3-4,7-13,16-17H,2,5-6,14-15,18H2,1H3,(H,28,31)(H,29,32). The molecule has 0 radical (unpaired) electrons. The highest BCUT2D eigenvalue weighted by Gasteiger charge is 2.27. The molecule has 1 aliphatic rings. The number of sulfonamides is 1. The first-order chi connectivity index (χ1) is 16.9. The Morgan fingerprint density at radius 2 is 1.71 bits per heavy atom. The van der Waals surface area contributed by atoms with Gasteiger partial charge in [-0.15, -0.1) is 0 Å². The molecule has 2 heterocycles. The highest BCUT2D eigenvalue weighted by atomic mass is 32.2. The van der Waals surface area contributed by atoms with Gasteiger partial charge in [0.05, 0.1) is 16.1 Å². The summed E-state index contributed by atoms with van der Waals surface area (Å²) in [5.74, 6) is -0.825. The number of para-hydroxylation sites is 1. The molecule has 1 saturated heterocycles. The van der Waals surface area contributed by atoms with Crippen LogP contribution in [-0.2, 0) is 16.6 Å². The molecule has 0 aliphatic carbocycles. The Kier molecular flexibility index (Phi) is 7.57. The van der Waals surface area contributed by atoms with E-state index >= 15 is 0 Å². The maximum atomic E-state index is 13.2. The van der Waals surface area contributed by atoms with Crippen molar-refractivity contribution in [3.63, 3.8) is 0 Å². The second kappa shape index (κ2) is 10.8. The number of carbonyl (C=O) groups is 2. The molecule has 0 spiro atoms. The number of benzene rings is 2. The van der Waals surface area contributed by atoms with Gasteiger partial charge in [0.15, 0.2) is 0 Å². The number of piperidine rings is 1. The van der Waals surface area contributed by atoms with E-state index in [0.29, 0.717) is 36.4 Å². The maximum absolute atomic E-state index is 13.2. The lowest BCUT2D eigenvalue weighted by atomic mass is 10.1. The second-order valence-corrected chi connectivity index (χ2v) is 10.4. The quantitative estimate of drug-likeness (QED) is 0.522. The summed E-state index contributed by atoms with van der Waals surface area (Å²) in [5.41, 5.74) is 2.38. The lowest BCUT2D eigenvalue weighted by Gasteiger charge is -2.26. The fraction of sp³-hybridized carbons (Fsp3) is 0.269. The Morgan fingerprint density at radius 3 is 2.46 bits per heavy atom. The summed E-state index contributed by atoms with van der Waals surface area (Å²) in [6.45, 7) is 3.02. The summed E-state index contributed by atoms with van der Waals surface area (Å²) in [5, 5.41) is 5.61. The highest BCUT2D eigenvalue weighted by Crippen LogP contribution is 2.24. The zero-order valence-electron chi connectivity index (χ0n) is 19.5. The molecular formula is C26H28N4O4S. The number of nitrogens with one attached hydrogen (secondary N) is 2. The molecule has 0 atom stereocenters. The molecule has 4 rings (SSSR count). The van der Waals surface area contributed by atoms with Crippen molar-refractivity contribution in [1.82, 2.24) is 14.6 Å². The van der Waals surface area contributed by atoms with Gasteiger partial charge in [-0.1, -0.05) is 30.7 Å².